The molecule has 3 aromatic rings. The number of nitrogens with zero attached hydrogens (tertiary/aromatic N) is 1. The van der Waals surface area contributed by atoms with Crippen LogP contribution in [0.2, 0.25) is 5.02 Å². The largest absolute Gasteiger partial charge is 0.487 e. The highest BCUT2D eigenvalue weighted by Crippen LogP contribution is 2.22. The molecule has 3 rings (SSSR count). The Balaban J connectivity index is 1.99. The van der Waals surface area contributed by atoms with E-state index in [2.05, 4.69) is 10.2 Å². The highest BCUT2D eigenvalue weighted by molar-refractivity contribution is 6.35. The van der Waals surface area contributed by atoms with Gasteiger partial charge in [-0.05, 0) is 18.2 Å². The first kappa shape index (κ1) is 12.7. The summed E-state index contributed by atoms with van der Waals surface area (Å²) >= 11 is 6.06. The number of H-pyrrole nitrogens is 1. The average Bonchev–Trinajstić information content (AvgIpc) is 2.48. The van der Waals surface area contributed by atoms with Gasteiger partial charge >= 0.3 is 0 Å². The fraction of sp³-hybridized carbons (Fsp3) is 0.0667. The molecule has 20 heavy (non-hydrogen) atoms. The van der Waals surface area contributed by atoms with Crippen molar-refractivity contribution in [2.75, 3.05) is 0 Å². The Labute approximate surface area is 120 Å². The van der Waals surface area contributed by atoms with E-state index in [4.69, 9.17) is 16.3 Å². The molecule has 2 aromatic carbocycles. The van der Waals surface area contributed by atoms with Crippen molar-refractivity contribution in [2.45, 2.75) is 6.61 Å². The number of hydrogen-bond acceptors (Lipinski definition) is 3. The van der Waals surface area contributed by atoms with E-state index < -0.39 is 0 Å². The standard InChI is InChI=1S/C15H11ClN2O2/c16-12-8-4-7-11-13(17-18-15(19)14(11)12)9-20-10-5-2-1-3-6-10/h1-8H,9H2,(H,18,19). The van der Waals surface area contributed by atoms with Crippen molar-refractivity contribution >= 4 is 22.4 Å². The first-order valence-electron chi connectivity index (χ1n) is 6.09. The maximum absolute atomic E-state index is 11.8. The molecule has 0 aliphatic rings. The number of rotatable bonds is 3. The lowest BCUT2D eigenvalue weighted by Crippen LogP contribution is -2.12. The van der Waals surface area contributed by atoms with Crippen LogP contribution < -0.4 is 10.3 Å². The van der Waals surface area contributed by atoms with E-state index in [0.29, 0.717) is 21.5 Å². The molecule has 0 saturated heterocycles. The van der Waals surface area contributed by atoms with Crippen molar-refractivity contribution in [1.29, 1.82) is 0 Å². The summed E-state index contributed by atoms with van der Waals surface area (Å²) in [5.74, 6) is 0.746. The molecule has 0 amide bonds. The molecular weight excluding hydrogens is 276 g/mol. The van der Waals surface area contributed by atoms with Gasteiger partial charge in [-0.3, -0.25) is 4.79 Å². The van der Waals surface area contributed by atoms with Crippen LogP contribution in [0.3, 0.4) is 0 Å². The van der Waals surface area contributed by atoms with E-state index in [9.17, 15) is 4.79 Å². The SMILES string of the molecule is O=c1[nH]nc(COc2ccccc2)c2cccc(Cl)c12. The molecule has 0 unspecified atom stereocenters. The van der Waals surface area contributed by atoms with Crippen molar-refractivity contribution in [3.63, 3.8) is 0 Å². The number of ether oxygens (including phenoxy) is 1. The summed E-state index contributed by atoms with van der Waals surface area (Å²) in [4.78, 5) is 11.8. The second-order valence-electron chi connectivity index (χ2n) is 4.26. The van der Waals surface area contributed by atoms with Gasteiger partial charge in [-0.25, -0.2) is 5.10 Å². The molecule has 100 valence electrons. The fourth-order valence-electron chi connectivity index (χ4n) is 2.01. The molecule has 0 spiro atoms. The predicted molar refractivity (Wildman–Crippen MR) is 78.1 cm³/mol. The smallest absolute Gasteiger partial charge is 0.273 e. The van der Waals surface area contributed by atoms with Crippen LogP contribution in [0.1, 0.15) is 5.69 Å². The second-order valence-corrected chi connectivity index (χ2v) is 4.67. The van der Waals surface area contributed by atoms with Gasteiger partial charge in [-0.1, -0.05) is 41.9 Å². The van der Waals surface area contributed by atoms with Crippen LogP contribution in [0.4, 0.5) is 0 Å². The van der Waals surface area contributed by atoms with Crippen molar-refractivity contribution < 1.29 is 4.74 Å². The summed E-state index contributed by atoms with van der Waals surface area (Å²) in [7, 11) is 0. The zero-order valence-electron chi connectivity index (χ0n) is 10.5. The summed E-state index contributed by atoms with van der Waals surface area (Å²) in [5, 5.41) is 8.05. The molecule has 0 bridgehead atoms. The number of aromatic amines is 1. The highest BCUT2D eigenvalue weighted by atomic mass is 35.5. The van der Waals surface area contributed by atoms with Crippen molar-refractivity contribution in [3.8, 4) is 5.75 Å². The zero-order chi connectivity index (χ0) is 13.9. The third-order valence-electron chi connectivity index (χ3n) is 2.96. The van der Waals surface area contributed by atoms with Gasteiger partial charge in [-0.15, -0.1) is 0 Å². The summed E-state index contributed by atoms with van der Waals surface area (Å²) in [6.07, 6.45) is 0. The summed E-state index contributed by atoms with van der Waals surface area (Å²) in [6.45, 7) is 0.262. The number of fused-ring (bicyclic) bond motifs is 1. The van der Waals surface area contributed by atoms with E-state index in [1.54, 1.807) is 12.1 Å². The molecule has 0 atom stereocenters. The Hall–Kier alpha value is -2.33. The molecule has 5 heteroatoms. The quantitative estimate of drug-likeness (QED) is 0.805. The molecule has 1 N–H and O–H groups in total. The minimum Gasteiger partial charge on any atom is -0.487 e. The molecule has 1 aromatic heterocycles. The molecule has 0 aliphatic carbocycles. The third kappa shape index (κ3) is 2.38. The number of nitrogens with one attached hydrogen (secondary N) is 1. The number of aromatic nitrogens is 2. The average molecular weight is 287 g/mol. The van der Waals surface area contributed by atoms with Crippen LogP contribution in [0.25, 0.3) is 10.8 Å². The van der Waals surface area contributed by atoms with E-state index >= 15 is 0 Å². The van der Waals surface area contributed by atoms with Crippen molar-refractivity contribution in [2.24, 2.45) is 0 Å². The Morgan fingerprint density at radius 2 is 1.90 bits per heavy atom. The number of benzene rings is 2. The normalized spacial score (nSPS) is 10.7. The van der Waals surface area contributed by atoms with Gasteiger partial charge in [0.15, 0.2) is 0 Å². The lowest BCUT2D eigenvalue weighted by Gasteiger charge is -2.08. The van der Waals surface area contributed by atoms with E-state index in [0.717, 1.165) is 5.75 Å². The van der Waals surface area contributed by atoms with Gasteiger partial charge in [-0.2, -0.15) is 5.10 Å². The highest BCUT2D eigenvalue weighted by Gasteiger charge is 2.09. The van der Waals surface area contributed by atoms with Gasteiger partial charge in [0.2, 0.25) is 0 Å². The van der Waals surface area contributed by atoms with Crippen molar-refractivity contribution in [1.82, 2.24) is 10.2 Å². The fourth-order valence-corrected chi connectivity index (χ4v) is 2.27. The van der Waals surface area contributed by atoms with Crippen LogP contribution in [-0.2, 0) is 6.61 Å². The lowest BCUT2D eigenvalue weighted by molar-refractivity contribution is 0.301. The number of para-hydroxylation sites is 1. The van der Waals surface area contributed by atoms with Gasteiger partial charge < -0.3 is 4.74 Å². The Bertz CT molecular complexity index is 800. The van der Waals surface area contributed by atoms with Gasteiger partial charge in [0, 0.05) is 5.39 Å². The Morgan fingerprint density at radius 3 is 2.70 bits per heavy atom. The maximum atomic E-state index is 11.8. The summed E-state index contributed by atoms with van der Waals surface area (Å²) in [5.41, 5.74) is 0.347. The van der Waals surface area contributed by atoms with E-state index in [1.165, 1.54) is 0 Å². The van der Waals surface area contributed by atoms with E-state index in [-0.39, 0.29) is 12.2 Å². The molecule has 0 radical (unpaired) electrons. The van der Waals surface area contributed by atoms with Crippen LogP contribution in [0.15, 0.2) is 53.3 Å². The minimum atomic E-state index is -0.297. The molecule has 0 saturated carbocycles. The van der Waals surface area contributed by atoms with Crippen LogP contribution in [0, 0.1) is 0 Å². The molecular formula is C15H11ClN2O2. The molecule has 0 fully saturated rings. The summed E-state index contributed by atoms with van der Waals surface area (Å²) in [6, 6.07) is 14.7. The summed E-state index contributed by atoms with van der Waals surface area (Å²) < 4.78 is 5.65. The topological polar surface area (TPSA) is 55.0 Å². The third-order valence-corrected chi connectivity index (χ3v) is 3.28. The molecule has 4 nitrogen and oxygen atoms in total. The Kier molecular flexibility index (Phi) is 3.39. The first-order chi connectivity index (χ1) is 9.75. The Morgan fingerprint density at radius 1 is 1.10 bits per heavy atom. The van der Waals surface area contributed by atoms with Crippen LogP contribution >= 0.6 is 11.6 Å². The zero-order valence-corrected chi connectivity index (χ0v) is 11.2. The van der Waals surface area contributed by atoms with Crippen LogP contribution in [0.5, 0.6) is 5.75 Å². The number of halogens is 1. The monoisotopic (exact) mass is 286 g/mol. The molecule has 0 aliphatic heterocycles. The van der Waals surface area contributed by atoms with E-state index in [1.807, 2.05) is 36.4 Å². The first-order valence-corrected chi connectivity index (χ1v) is 6.47. The maximum Gasteiger partial charge on any atom is 0.273 e. The van der Waals surface area contributed by atoms with Gasteiger partial charge in [0.1, 0.15) is 18.1 Å². The predicted octanol–water partition coefficient (Wildman–Crippen LogP) is 3.16. The second kappa shape index (κ2) is 5.35. The molecule has 1 heterocycles. The van der Waals surface area contributed by atoms with Crippen LogP contribution in [-0.4, -0.2) is 10.2 Å². The minimum absolute atomic E-state index is 0.262. The lowest BCUT2D eigenvalue weighted by atomic mass is 10.1. The van der Waals surface area contributed by atoms with Crippen molar-refractivity contribution in [3.05, 3.63) is 69.6 Å². The number of hydrogen-bond donors (Lipinski definition) is 1. The van der Waals surface area contributed by atoms with Gasteiger partial charge in [0.25, 0.3) is 5.56 Å². The van der Waals surface area contributed by atoms with Gasteiger partial charge in [0.05, 0.1) is 10.4 Å².